The number of hydrogen-bond donors (Lipinski definition) is 6. The number of nitrogens with zero attached hydrogens (tertiary/aromatic N) is 7. The molecule has 0 unspecified atom stereocenters. The van der Waals surface area contributed by atoms with Crippen LogP contribution in [0, 0.1) is 10.7 Å². The molecule has 3 aromatic heterocycles. The van der Waals surface area contributed by atoms with Crippen LogP contribution < -0.4 is 52.5 Å². The summed E-state index contributed by atoms with van der Waals surface area (Å²) in [6, 6.07) is 31.8. The summed E-state index contributed by atoms with van der Waals surface area (Å²) in [5, 5.41) is 0. The summed E-state index contributed by atoms with van der Waals surface area (Å²) in [7, 11) is -2.03. The van der Waals surface area contributed by atoms with Gasteiger partial charge < -0.3 is 62.6 Å². The van der Waals surface area contributed by atoms with Gasteiger partial charge in [0.05, 0.1) is 74.0 Å². The number of carbonyl (C=O) groups excluding carboxylic acids is 3. The second kappa shape index (κ2) is 40.0. The van der Waals surface area contributed by atoms with Crippen molar-refractivity contribution in [3.8, 4) is 0 Å². The molecule has 0 bridgehead atoms. The molecule has 556 valence electrons. The Morgan fingerprint density at radius 3 is 1.37 bits per heavy atom. The summed E-state index contributed by atoms with van der Waals surface area (Å²) >= 11 is 18.8. The number of aromatic amines is 2. The molecule has 102 heavy (non-hydrogen) atoms. The quantitative estimate of drug-likeness (QED) is 0.0166. The van der Waals surface area contributed by atoms with Crippen LogP contribution >= 0.6 is 111 Å². The molecule has 30 heteroatoms. The second-order valence-electron chi connectivity index (χ2n) is 30.3. The maximum absolute atomic E-state index is 12.8. The van der Waals surface area contributed by atoms with Crippen LogP contribution in [0.2, 0.25) is 51.4 Å². The minimum absolute atomic E-state index is 0. The van der Waals surface area contributed by atoms with E-state index in [1.807, 2.05) is 116 Å². The summed E-state index contributed by atoms with van der Waals surface area (Å²) in [6.07, 6.45) is 4.79. The molecule has 3 atom stereocenters. The van der Waals surface area contributed by atoms with E-state index in [2.05, 4.69) is 188 Å². The molecule has 0 radical (unpaired) electrons. The van der Waals surface area contributed by atoms with Crippen molar-refractivity contribution in [3.63, 3.8) is 0 Å². The molecule has 3 aliphatic rings. The van der Waals surface area contributed by atoms with Gasteiger partial charge in [-0.3, -0.25) is 14.7 Å². The number of nitrogens with one attached hydrogen (secondary N) is 2. The number of benzene rings is 5. The predicted octanol–water partition coefficient (Wildman–Crippen LogP) is 17.4. The topological polar surface area (TPSA) is 286 Å². The van der Waals surface area contributed by atoms with Crippen LogP contribution in [-0.4, -0.2) is 134 Å². The Balaban J connectivity index is 0.000000277. The zero-order valence-corrected chi connectivity index (χ0v) is 76.4. The number of halogens is 6. The standard InChI is InChI=1S/C22H34IN3O3Si.C16H20BrN3O2.C16H20IN3O2.C6H7BrN2.C6H15ClOSi.C6H7IN2.Na.H/c1-22(2,3)29-21(27)25-11-7-8-19(25)20-24-17-14-16(23)9-10-18(17)26(20)15-28-12-13-30(4,5)6;2*1-16(2,3)22-15(21)20-8-4-5-13(20)14-18-11-7-6-10(17)9-12(11)19-14;7-4-1-2-5(8)6(9)3-4;1-9(2,3)5-4-8-6-7;7-4-1-2-5(8)6(9)3-4;;/h9-10,14,19H,7-8,11-13,15H2,1-6H3;2*6-7,9,13H,4-5,8H2,1-3H3,(H,18,19);1-3H,8-9H2;4-6H2,1-3H3;1-3H,8-9H2;;/q;;;;;;+1;-1/t19-;2*13-;;;;;/m000...../s1. The molecule has 3 amide bonds. The molecular weight excluding hydrogens is 1830 g/mol. The van der Waals surface area contributed by atoms with Crippen molar-refractivity contribution in [2.24, 2.45) is 0 Å². The maximum Gasteiger partial charge on any atom is 1.00 e. The molecule has 8 aromatic rings. The van der Waals surface area contributed by atoms with E-state index < -0.39 is 33.0 Å². The van der Waals surface area contributed by atoms with Gasteiger partial charge in [0, 0.05) is 68.7 Å². The van der Waals surface area contributed by atoms with E-state index in [0.29, 0.717) is 55.2 Å². The average molecular weight is 1930 g/mol. The Morgan fingerprint density at radius 1 is 0.529 bits per heavy atom. The van der Waals surface area contributed by atoms with E-state index in [-0.39, 0.29) is 67.4 Å². The van der Waals surface area contributed by atoms with Gasteiger partial charge in [-0.05, 0) is 272 Å². The zero-order valence-electron chi connectivity index (χ0n) is 63.0. The van der Waals surface area contributed by atoms with E-state index in [4.69, 9.17) is 63.2 Å². The molecule has 3 saturated heterocycles. The third-order valence-electron chi connectivity index (χ3n) is 15.6. The third-order valence-corrected chi connectivity index (χ3v) is 22.2. The van der Waals surface area contributed by atoms with Crippen molar-refractivity contribution in [3.05, 3.63) is 128 Å². The van der Waals surface area contributed by atoms with Crippen molar-refractivity contribution in [1.82, 2.24) is 44.2 Å². The molecule has 21 nitrogen and oxygen atoms in total. The van der Waals surface area contributed by atoms with E-state index >= 15 is 0 Å². The van der Waals surface area contributed by atoms with Crippen LogP contribution in [0.25, 0.3) is 33.1 Å². The minimum atomic E-state index is -1.15. The molecule has 3 fully saturated rings. The smallest absolute Gasteiger partial charge is 1.00 e. The number of aromatic nitrogens is 6. The van der Waals surface area contributed by atoms with Crippen molar-refractivity contribution in [2.75, 3.05) is 61.8 Å². The van der Waals surface area contributed by atoms with Crippen molar-refractivity contribution < 1.29 is 69.1 Å². The van der Waals surface area contributed by atoms with Gasteiger partial charge in [-0.2, -0.15) is 0 Å². The summed E-state index contributed by atoms with van der Waals surface area (Å²) < 4.78 is 35.3. The predicted molar refractivity (Wildman–Crippen MR) is 451 cm³/mol. The minimum Gasteiger partial charge on any atom is -1.00 e. The normalized spacial score (nSPS) is 16.1. The van der Waals surface area contributed by atoms with Gasteiger partial charge in [0.2, 0.25) is 0 Å². The zero-order chi connectivity index (χ0) is 75.0. The Bertz CT molecular complexity index is 3880. The van der Waals surface area contributed by atoms with E-state index in [1.165, 1.54) is 6.04 Å². The molecule has 5 aromatic carbocycles. The van der Waals surface area contributed by atoms with Gasteiger partial charge in [0.25, 0.3) is 0 Å². The molecule has 6 heterocycles. The van der Waals surface area contributed by atoms with E-state index in [0.717, 1.165) is 128 Å². The van der Waals surface area contributed by atoms with Crippen molar-refractivity contribution in [1.29, 1.82) is 0 Å². The van der Waals surface area contributed by atoms with Crippen molar-refractivity contribution >= 4 is 202 Å². The molecule has 3 aliphatic heterocycles. The van der Waals surface area contributed by atoms with Crippen LogP contribution in [0.3, 0.4) is 0 Å². The van der Waals surface area contributed by atoms with Gasteiger partial charge in [-0.25, -0.2) is 29.3 Å². The second-order valence-corrected chi connectivity index (χ2v) is 47.3. The van der Waals surface area contributed by atoms with Crippen molar-refractivity contribution in [2.45, 2.75) is 194 Å². The van der Waals surface area contributed by atoms with Gasteiger partial charge in [0.15, 0.2) is 0 Å². The monoisotopic (exact) mass is 1930 g/mol. The van der Waals surface area contributed by atoms with Crippen LogP contribution in [0.4, 0.5) is 37.1 Å². The number of imidazole rings is 3. The number of rotatable bonds is 12. The van der Waals surface area contributed by atoms with Gasteiger partial charge in [-0.1, -0.05) is 82.7 Å². The first kappa shape index (κ1) is 88.9. The van der Waals surface area contributed by atoms with Gasteiger partial charge >= 0.3 is 47.8 Å². The number of ether oxygens (including phenoxy) is 5. The summed E-state index contributed by atoms with van der Waals surface area (Å²) in [4.78, 5) is 63.9. The Kier molecular flexibility index (Phi) is 34.8. The number of nitrogens with two attached hydrogens (primary N) is 4. The number of fused-ring (bicyclic) bond motifs is 3. The van der Waals surface area contributed by atoms with Gasteiger partial charge in [0.1, 0.15) is 47.1 Å². The van der Waals surface area contributed by atoms with Crippen LogP contribution in [0.1, 0.15) is 138 Å². The molecule has 0 spiro atoms. The fraction of sp³-hybridized carbons (Fsp3) is 0.500. The number of likely N-dealkylation sites (tertiary alicyclic amines) is 3. The number of nitrogen functional groups attached to an aromatic ring is 4. The fourth-order valence-corrected chi connectivity index (χ4v) is 14.5. The van der Waals surface area contributed by atoms with Crippen LogP contribution in [-0.2, 0) is 30.4 Å². The first-order chi connectivity index (χ1) is 47.1. The molecule has 0 saturated carbocycles. The Morgan fingerprint density at radius 2 is 0.922 bits per heavy atom. The molecule has 11 rings (SSSR count). The number of carbonyl (C=O) groups is 3. The van der Waals surface area contributed by atoms with Gasteiger partial charge in [-0.15, -0.1) is 0 Å². The fourth-order valence-electron chi connectivity index (χ4n) is 10.6. The van der Waals surface area contributed by atoms with Crippen LogP contribution in [0.5, 0.6) is 0 Å². The number of alkyl halides is 1. The average Bonchev–Trinajstić information content (AvgIpc) is 1.70. The largest absolute Gasteiger partial charge is 1.00 e. The summed E-state index contributed by atoms with van der Waals surface area (Å²) in [5.74, 6) is 2.57. The first-order valence-electron chi connectivity index (χ1n) is 33.8. The first-order valence-corrected chi connectivity index (χ1v) is 46.6. The number of amides is 3. The number of hydrogen-bond acceptors (Lipinski definition) is 15. The molecule has 10 N–H and O–H groups in total. The molecular formula is C72H104Br2ClI3N13NaO8Si2. The summed E-state index contributed by atoms with van der Waals surface area (Å²) in [5.41, 5.74) is 28.8. The van der Waals surface area contributed by atoms with E-state index in [9.17, 15) is 14.4 Å². The number of anilines is 4. The van der Waals surface area contributed by atoms with Crippen LogP contribution in [0.15, 0.2) is 99.9 Å². The Labute approximate surface area is 691 Å². The third kappa shape index (κ3) is 29.5. The maximum atomic E-state index is 12.8. The van der Waals surface area contributed by atoms with E-state index in [1.54, 1.807) is 28.0 Å². The summed E-state index contributed by atoms with van der Waals surface area (Å²) in [6.45, 7) is 35.2. The number of H-pyrrole nitrogens is 2. The Hall–Kier alpha value is -3.69. The molecule has 0 aliphatic carbocycles. The SMILES string of the molecule is CC(C)(C)OC(=O)N1CCC[C@H]1c1nc2cc(I)ccc2n1COCC[Si](C)(C)C.CC(C)(C)OC(=O)N1CCC[C@H]1c1nc2ccc(Br)cc2[nH]1.CC(C)(C)OC(=O)N1CCC[C@H]1c1nc2ccc(I)cc2[nH]1.C[Si](C)(C)CCOCCl.Nc1ccc(Br)cc1N.Nc1ccc(I)cc1N.[H-].[Na+].